The van der Waals surface area contributed by atoms with E-state index in [0.717, 1.165) is 13.0 Å². The van der Waals surface area contributed by atoms with Gasteiger partial charge < -0.3 is 29.1 Å². The molecular formula is C27H34N2O6. The number of benzene rings is 2. The molecule has 1 aliphatic rings. The number of ether oxygens (including phenoxy) is 3. The number of carbonyl (C=O) groups excluding carboxylic acids is 2. The zero-order chi connectivity index (χ0) is 25.5. The van der Waals surface area contributed by atoms with Gasteiger partial charge in [0, 0.05) is 12.1 Å². The summed E-state index contributed by atoms with van der Waals surface area (Å²) in [5.74, 6) is 0.135. The second-order valence-electron chi connectivity index (χ2n) is 8.64. The van der Waals surface area contributed by atoms with Crippen LogP contribution in [0.4, 0.5) is 0 Å². The first kappa shape index (κ1) is 26.1. The van der Waals surface area contributed by atoms with Crippen molar-refractivity contribution in [3.05, 3.63) is 59.2 Å². The molecule has 8 nitrogen and oxygen atoms in total. The molecule has 0 aliphatic carbocycles. The Balaban J connectivity index is 2.10. The van der Waals surface area contributed by atoms with Crippen molar-refractivity contribution in [1.82, 2.24) is 9.80 Å². The normalized spacial score (nSPS) is 17.2. The molecule has 2 aromatic carbocycles. The largest absolute Gasteiger partial charge is 0.507 e. The number of rotatable bonds is 11. The van der Waals surface area contributed by atoms with Crippen LogP contribution in [0.3, 0.4) is 0 Å². The number of hydrogen-bond acceptors (Lipinski definition) is 7. The molecule has 0 spiro atoms. The Labute approximate surface area is 206 Å². The number of amides is 1. The maximum Gasteiger partial charge on any atom is 0.295 e. The lowest BCUT2D eigenvalue weighted by molar-refractivity contribution is -0.139. The van der Waals surface area contributed by atoms with E-state index < -0.39 is 17.7 Å². The molecule has 1 aliphatic heterocycles. The summed E-state index contributed by atoms with van der Waals surface area (Å²) < 4.78 is 16.5. The molecule has 1 fully saturated rings. The summed E-state index contributed by atoms with van der Waals surface area (Å²) >= 11 is 0. The van der Waals surface area contributed by atoms with Crippen LogP contribution in [0, 0.1) is 0 Å². The predicted octanol–water partition coefficient (Wildman–Crippen LogP) is 3.87. The molecule has 188 valence electrons. The molecule has 1 heterocycles. The van der Waals surface area contributed by atoms with Gasteiger partial charge in [-0.05, 0) is 75.4 Å². The van der Waals surface area contributed by atoms with Gasteiger partial charge in [-0.2, -0.15) is 0 Å². The first-order chi connectivity index (χ1) is 16.8. The zero-order valence-electron chi connectivity index (χ0n) is 21.0. The van der Waals surface area contributed by atoms with Crippen LogP contribution in [-0.2, 0) is 9.59 Å². The second-order valence-corrected chi connectivity index (χ2v) is 8.64. The Bertz CT molecular complexity index is 1080. The lowest BCUT2D eigenvalue weighted by Gasteiger charge is -2.26. The molecule has 1 amide bonds. The average molecular weight is 483 g/mol. The van der Waals surface area contributed by atoms with Crippen molar-refractivity contribution in [3.63, 3.8) is 0 Å². The molecule has 1 unspecified atom stereocenters. The molecule has 2 aromatic rings. The van der Waals surface area contributed by atoms with E-state index in [2.05, 4.69) is 0 Å². The molecule has 0 bridgehead atoms. The summed E-state index contributed by atoms with van der Waals surface area (Å²) in [7, 11) is 7.00. The Morgan fingerprint density at radius 1 is 1.03 bits per heavy atom. The van der Waals surface area contributed by atoms with Gasteiger partial charge in [0.15, 0.2) is 11.5 Å². The van der Waals surface area contributed by atoms with Crippen LogP contribution in [0.1, 0.15) is 36.9 Å². The summed E-state index contributed by atoms with van der Waals surface area (Å²) in [5, 5.41) is 11.2. The first-order valence-corrected chi connectivity index (χ1v) is 11.7. The van der Waals surface area contributed by atoms with E-state index in [4.69, 9.17) is 14.2 Å². The standard InChI is InChI=1S/C27H34N2O6/c1-6-16-35-21-13-10-19(17-22(21)34-5)24-23(25(30)18-8-11-20(33-4)12-9-18)26(31)27(32)29(24)15-7-14-28(2)3/h8-13,17,24,30H,6-7,14-16H2,1-5H3/b25-23-. The van der Waals surface area contributed by atoms with Crippen LogP contribution in [-0.4, -0.2) is 74.6 Å². The van der Waals surface area contributed by atoms with E-state index in [1.165, 1.54) is 4.90 Å². The number of Topliss-reactive ketones (excluding diaryl/α,β-unsaturated/α-hetero) is 1. The molecule has 35 heavy (non-hydrogen) atoms. The third-order valence-electron chi connectivity index (χ3n) is 5.87. The smallest absolute Gasteiger partial charge is 0.295 e. The van der Waals surface area contributed by atoms with Crippen LogP contribution in [0.5, 0.6) is 17.2 Å². The molecule has 3 rings (SSSR count). The van der Waals surface area contributed by atoms with Crippen molar-refractivity contribution >= 4 is 17.4 Å². The Morgan fingerprint density at radius 2 is 1.74 bits per heavy atom. The summed E-state index contributed by atoms with van der Waals surface area (Å²) in [5.41, 5.74) is 1.14. The van der Waals surface area contributed by atoms with Crippen molar-refractivity contribution in [2.24, 2.45) is 0 Å². The minimum atomic E-state index is -0.756. The molecular weight excluding hydrogens is 448 g/mol. The first-order valence-electron chi connectivity index (χ1n) is 11.7. The minimum Gasteiger partial charge on any atom is -0.507 e. The van der Waals surface area contributed by atoms with Gasteiger partial charge in [0.2, 0.25) is 0 Å². The number of nitrogens with zero attached hydrogens (tertiary/aromatic N) is 2. The van der Waals surface area contributed by atoms with Gasteiger partial charge in [-0.1, -0.05) is 13.0 Å². The van der Waals surface area contributed by atoms with Crippen molar-refractivity contribution in [2.75, 3.05) is 48.0 Å². The number of carbonyl (C=O) groups is 2. The number of likely N-dealkylation sites (tertiary alicyclic amines) is 1. The van der Waals surface area contributed by atoms with Gasteiger partial charge in [0.25, 0.3) is 11.7 Å². The topological polar surface area (TPSA) is 88.5 Å². The highest BCUT2D eigenvalue weighted by molar-refractivity contribution is 6.46. The van der Waals surface area contributed by atoms with E-state index in [1.807, 2.05) is 32.0 Å². The molecule has 1 N–H and O–H groups in total. The van der Waals surface area contributed by atoms with Gasteiger partial charge in [-0.3, -0.25) is 9.59 Å². The van der Waals surface area contributed by atoms with Crippen LogP contribution in [0.25, 0.3) is 5.76 Å². The molecule has 0 radical (unpaired) electrons. The number of aliphatic hydroxyl groups is 1. The predicted molar refractivity (Wildman–Crippen MR) is 134 cm³/mol. The minimum absolute atomic E-state index is 0.0503. The summed E-state index contributed by atoms with van der Waals surface area (Å²) in [6.07, 6.45) is 1.52. The van der Waals surface area contributed by atoms with Gasteiger partial charge in [-0.25, -0.2) is 0 Å². The van der Waals surface area contributed by atoms with E-state index in [9.17, 15) is 14.7 Å². The summed E-state index contributed by atoms with van der Waals surface area (Å²) in [4.78, 5) is 29.9. The van der Waals surface area contributed by atoms with E-state index >= 15 is 0 Å². The Morgan fingerprint density at radius 3 is 2.34 bits per heavy atom. The highest BCUT2D eigenvalue weighted by Gasteiger charge is 2.46. The zero-order valence-corrected chi connectivity index (χ0v) is 21.0. The van der Waals surface area contributed by atoms with Crippen LogP contribution < -0.4 is 14.2 Å². The SMILES string of the molecule is CCCOc1ccc(C2/C(=C(/O)c3ccc(OC)cc3)C(=O)C(=O)N2CCCN(C)C)cc1OC. The summed E-state index contributed by atoms with van der Waals surface area (Å²) in [6.45, 7) is 3.67. The lowest BCUT2D eigenvalue weighted by Crippen LogP contribution is -2.32. The van der Waals surface area contributed by atoms with Gasteiger partial charge in [0.1, 0.15) is 11.5 Å². The fraction of sp³-hybridized carbons (Fsp3) is 0.407. The van der Waals surface area contributed by atoms with Crippen molar-refractivity contribution in [3.8, 4) is 17.2 Å². The number of ketones is 1. The molecule has 0 saturated carbocycles. The van der Waals surface area contributed by atoms with E-state index in [-0.39, 0.29) is 11.3 Å². The van der Waals surface area contributed by atoms with Crippen LogP contribution in [0.2, 0.25) is 0 Å². The van der Waals surface area contributed by atoms with Gasteiger partial charge >= 0.3 is 0 Å². The Hall–Kier alpha value is -3.52. The number of hydrogen-bond donors (Lipinski definition) is 1. The maximum atomic E-state index is 13.2. The molecule has 8 heteroatoms. The fourth-order valence-electron chi connectivity index (χ4n) is 4.10. The highest BCUT2D eigenvalue weighted by atomic mass is 16.5. The average Bonchev–Trinajstić information content (AvgIpc) is 3.11. The van der Waals surface area contributed by atoms with Gasteiger partial charge in [-0.15, -0.1) is 0 Å². The van der Waals surface area contributed by atoms with E-state index in [1.54, 1.807) is 50.6 Å². The quantitative estimate of drug-likeness (QED) is 0.296. The monoisotopic (exact) mass is 482 g/mol. The van der Waals surface area contributed by atoms with Crippen molar-refractivity contribution in [2.45, 2.75) is 25.8 Å². The third kappa shape index (κ3) is 5.77. The maximum absolute atomic E-state index is 13.2. The van der Waals surface area contributed by atoms with Crippen LogP contribution in [0.15, 0.2) is 48.0 Å². The molecule has 1 atom stereocenters. The summed E-state index contributed by atoms with van der Waals surface area (Å²) in [6, 6.07) is 11.3. The molecule has 1 saturated heterocycles. The van der Waals surface area contributed by atoms with E-state index in [0.29, 0.717) is 47.9 Å². The third-order valence-corrected chi connectivity index (χ3v) is 5.87. The second kappa shape index (κ2) is 11.8. The van der Waals surface area contributed by atoms with Gasteiger partial charge in [0.05, 0.1) is 32.4 Å². The van der Waals surface area contributed by atoms with Crippen molar-refractivity contribution in [1.29, 1.82) is 0 Å². The van der Waals surface area contributed by atoms with Crippen molar-refractivity contribution < 1.29 is 28.9 Å². The number of aliphatic hydroxyl groups excluding tert-OH is 1. The fourth-order valence-corrected chi connectivity index (χ4v) is 4.10. The Kier molecular flexibility index (Phi) is 8.76. The highest BCUT2D eigenvalue weighted by Crippen LogP contribution is 2.42. The lowest BCUT2D eigenvalue weighted by atomic mass is 9.95. The molecule has 0 aromatic heterocycles. The van der Waals surface area contributed by atoms with Crippen LogP contribution >= 0.6 is 0 Å². The number of methoxy groups -OCH3 is 2.